The Labute approximate surface area is 187 Å². The van der Waals surface area contributed by atoms with Crippen molar-refractivity contribution in [3.63, 3.8) is 0 Å². The Morgan fingerprint density at radius 2 is 1.55 bits per heavy atom. The third-order valence-corrected chi connectivity index (χ3v) is 9.95. The van der Waals surface area contributed by atoms with Gasteiger partial charge in [-0.05, 0) is 86.4 Å². The number of esters is 2. The Morgan fingerprint density at radius 3 is 2.16 bits per heavy atom. The van der Waals surface area contributed by atoms with Crippen molar-refractivity contribution in [2.45, 2.75) is 98.7 Å². The molecule has 5 heteroatoms. The Bertz CT molecular complexity index is 761. The summed E-state index contributed by atoms with van der Waals surface area (Å²) in [5.41, 5.74) is -0.0107. The molecule has 10 atom stereocenters. The van der Waals surface area contributed by atoms with Crippen molar-refractivity contribution in [1.29, 1.82) is 0 Å². The molecular formula is C26H40O5. The first-order valence-electron chi connectivity index (χ1n) is 12.3. The molecule has 0 aromatic carbocycles. The van der Waals surface area contributed by atoms with E-state index in [-0.39, 0.29) is 40.9 Å². The second-order valence-electron chi connectivity index (χ2n) is 11.7. The lowest BCUT2D eigenvalue weighted by Crippen LogP contribution is -2.60. The molecule has 0 radical (unpaired) electrons. The number of fused-ring (bicyclic) bond motifs is 5. The zero-order chi connectivity index (χ0) is 22.7. The van der Waals surface area contributed by atoms with E-state index >= 15 is 0 Å². The Hall–Kier alpha value is -1.39. The molecule has 0 N–H and O–H groups in total. The molecular weight excluding hydrogens is 392 g/mol. The average Bonchev–Trinajstić information content (AvgIpc) is 2.90. The average molecular weight is 433 g/mol. The van der Waals surface area contributed by atoms with Crippen molar-refractivity contribution < 1.29 is 23.9 Å². The molecule has 5 nitrogen and oxygen atoms in total. The van der Waals surface area contributed by atoms with Crippen LogP contribution in [-0.2, 0) is 23.9 Å². The molecule has 0 heterocycles. The molecule has 4 aliphatic carbocycles. The summed E-state index contributed by atoms with van der Waals surface area (Å²) in [4.78, 5) is 36.3. The summed E-state index contributed by atoms with van der Waals surface area (Å²) in [5.74, 6) is 2.13. The van der Waals surface area contributed by atoms with Crippen LogP contribution in [0, 0.1) is 46.3 Å². The summed E-state index contributed by atoms with van der Waals surface area (Å²) in [6, 6.07) is 0. The number of ether oxygens (including phenoxy) is 2. The molecule has 4 aliphatic rings. The number of ketones is 1. The molecule has 0 aromatic heterocycles. The van der Waals surface area contributed by atoms with Crippen molar-refractivity contribution in [3.05, 3.63) is 0 Å². The SMILES string of the molecule is CC(=O)O[C@@H]1CC[C@@]2(C)[C@H](CC[C@@H]3[C@H]2[C@H](OC(C)=O)C[C@@]2(C)[C@@H]3C[C@@H](C)[C@@H]2C(C)=O)C1. The minimum Gasteiger partial charge on any atom is -0.463 e. The van der Waals surface area contributed by atoms with Gasteiger partial charge in [0.25, 0.3) is 0 Å². The van der Waals surface area contributed by atoms with Crippen molar-refractivity contribution >= 4 is 17.7 Å². The maximum absolute atomic E-state index is 12.7. The highest BCUT2D eigenvalue weighted by Crippen LogP contribution is 2.69. The summed E-state index contributed by atoms with van der Waals surface area (Å²) in [6.07, 6.45) is 6.84. The van der Waals surface area contributed by atoms with Crippen LogP contribution < -0.4 is 0 Å². The van der Waals surface area contributed by atoms with Crippen LogP contribution in [0.25, 0.3) is 0 Å². The summed E-state index contributed by atoms with van der Waals surface area (Å²) < 4.78 is 11.7. The van der Waals surface area contributed by atoms with Crippen LogP contribution in [-0.4, -0.2) is 29.9 Å². The monoisotopic (exact) mass is 432 g/mol. The standard InChI is InChI=1S/C26H40O5/c1-14-11-21-20-8-7-18-12-19(30-16(3)28)9-10-25(18,5)24(20)22(31-17(4)29)13-26(21,6)23(14)15(2)27/h14,18-24H,7-13H2,1-6H3/t14-,18-,19-,20+,21-,22-,23-,24+,25+,26+/m1/s1. The molecule has 174 valence electrons. The van der Waals surface area contributed by atoms with Gasteiger partial charge in [0.05, 0.1) is 0 Å². The van der Waals surface area contributed by atoms with Crippen LogP contribution in [0.3, 0.4) is 0 Å². The molecule has 0 spiro atoms. The molecule has 4 fully saturated rings. The summed E-state index contributed by atoms with van der Waals surface area (Å²) in [5, 5.41) is 0. The van der Waals surface area contributed by atoms with Gasteiger partial charge in [-0.2, -0.15) is 0 Å². The lowest BCUT2D eigenvalue weighted by molar-refractivity contribution is -0.200. The number of carbonyl (C=O) groups excluding carboxylic acids is 3. The number of rotatable bonds is 3. The van der Waals surface area contributed by atoms with E-state index in [0.717, 1.165) is 44.9 Å². The predicted octanol–water partition coefficient (Wildman–Crippen LogP) is 4.95. The molecule has 4 saturated carbocycles. The molecule has 0 aromatic rings. The first-order chi connectivity index (χ1) is 14.5. The zero-order valence-corrected chi connectivity index (χ0v) is 20.1. The lowest BCUT2D eigenvalue weighted by Gasteiger charge is -2.62. The smallest absolute Gasteiger partial charge is 0.302 e. The van der Waals surface area contributed by atoms with Gasteiger partial charge >= 0.3 is 11.9 Å². The second-order valence-corrected chi connectivity index (χ2v) is 11.7. The highest BCUT2D eigenvalue weighted by atomic mass is 16.5. The maximum Gasteiger partial charge on any atom is 0.302 e. The topological polar surface area (TPSA) is 69.7 Å². The van der Waals surface area contributed by atoms with Gasteiger partial charge in [-0.1, -0.05) is 20.8 Å². The maximum atomic E-state index is 12.7. The van der Waals surface area contributed by atoms with E-state index in [0.29, 0.717) is 35.4 Å². The van der Waals surface area contributed by atoms with Gasteiger partial charge in [0, 0.05) is 25.7 Å². The molecule has 0 saturated heterocycles. The number of Topliss-reactive ketones (excluding diaryl/α,β-unsaturated/α-hetero) is 1. The molecule has 0 aliphatic heterocycles. The Kier molecular flexibility index (Phi) is 5.79. The van der Waals surface area contributed by atoms with Crippen LogP contribution in [0.5, 0.6) is 0 Å². The Balaban J connectivity index is 1.68. The fraction of sp³-hybridized carbons (Fsp3) is 0.885. The summed E-state index contributed by atoms with van der Waals surface area (Å²) in [7, 11) is 0. The van der Waals surface area contributed by atoms with Gasteiger partial charge in [-0.3, -0.25) is 14.4 Å². The summed E-state index contributed by atoms with van der Waals surface area (Å²) in [6.45, 7) is 11.7. The van der Waals surface area contributed by atoms with Crippen LogP contribution in [0.2, 0.25) is 0 Å². The third-order valence-electron chi connectivity index (χ3n) is 9.95. The second kappa shape index (κ2) is 7.88. The van der Waals surface area contributed by atoms with Gasteiger partial charge in [0.15, 0.2) is 0 Å². The fourth-order valence-corrected chi connectivity index (χ4v) is 9.21. The fourth-order valence-electron chi connectivity index (χ4n) is 9.21. The van der Waals surface area contributed by atoms with Crippen molar-refractivity contribution in [2.75, 3.05) is 0 Å². The summed E-state index contributed by atoms with van der Waals surface area (Å²) >= 11 is 0. The normalized spacial score (nSPS) is 48.7. The van der Waals surface area contributed by atoms with Gasteiger partial charge in [-0.15, -0.1) is 0 Å². The Morgan fingerprint density at radius 1 is 0.871 bits per heavy atom. The van der Waals surface area contributed by atoms with Crippen molar-refractivity contribution in [1.82, 2.24) is 0 Å². The lowest BCUT2D eigenvalue weighted by atomic mass is 9.43. The van der Waals surface area contributed by atoms with E-state index in [4.69, 9.17) is 9.47 Å². The molecule has 0 unspecified atom stereocenters. The van der Waals surface area contributed by atoms with Gasteiger partial charge < -0.3 is 9.47 Å². The number of hydrogen-bond acceptors (Lipinski definition) is 5. The van der Waals surface area contributed by atoms with Gasteiger partial charge in [-0.25, -0.2) is 0 Å². The van der Waals surface area contributed by atoms with Crippen molar-refractivity contribution in [3.8, 4) is 0 Å². The third kappa shape index (κ3) is 3.64. The molecule has 0 amide bonds. The van der Waals surface area contributed by atoms with E-state index in [1.165, 1.54) is 13.8 Å². The zero-order valence-electron chi connectivity index (χ0n) is 20.1. The van der Waals surface area contributed by atoms with Crippen LogP contribution in [0.1, 0.15) is 86.5 Å². The highest BCUT2D eigenvalue weighted by molar-refractivity contribution is 5.80. The molecule has 0 bridgehead atoms. The van der Waals surface area contributed by atoms with E-state index < -0.39 is 0 Å². The quantitative estimate of drug-likeness (QED) is 0.590. The molecule has 31 heavy (non-hydrogen) atoms. The van der Waals surface area contributed by atoms with E-state index in [1.807, 2.05) is 0 Å². The largest absolute Gasteiger partial charge is 0.463 e. The minimum atomic E-state index is -0.212. The van der Waals surface area contributed by atoms with Crippen molar-refractivity contribution in [2.24, 2.45) is 46.3 Å². The highest BCUT2D eigenvalue weighted by Gasteiger charge is 2.66. The van der Waals surface area contributed by atoms with Gasteiger partial charge in [0.1, 0.15) is 18.0 Å². The van der Waals surface area contributed by atoms with Gasteiger partial charge in [0.2, 0.25) is 0 Å². The van der Waals surface area contributed by atoms with Crippen LogP contribution >= 0.6 is 0 Å². The van der Waals surface area contributed by atoms with E-state index in [2.05, 4.69) is 20.8 Å². The van der Waals surface area contributed by atoms with E-state index in [1.54, 1.807) is 6.92 Å². The van der Waals surface area contributed by atoms with Crippen LogP contribution in [0.15, 0.2) is 0 Å². The molecule has 4 rings (SSSR count). The first-order valence-corrected chi connectivity index (χ1v) is 12.3. The van der Waals surface area contributed by atoms with E-state index in [9.17, 15) is 14.4 Å². The predicted molar refractivity (Wildman–Crippen MR) is 117 cm³/mol. The minimum absolute atomic E-state index is 0.0155. The number of carbonyl (C=O) groups is 3. The first kappa shape index (κ1) is 22.8. The van der Waals surface area contributed by atoms with Crippen LogP contribution in [0.4, 0.5) is 0 Å². The number of hydrogen-bond donors (Lipinski definition) is 0.